The molecule has 104 valence electrons. The van der Waals surface area contributed by atoms with Crippen molar-refractivity contribution >= 4 is 24.0 Å². The molecule has 2 aliphatic rings. The molecule has 3 rings (SSSR count). The number of anilines is 1. The summed E-state index contributed by atoms with van der Waals surface area (Å²) in [7, 11) is 0. The maximum atomic E-state index is 12.1. The highest BCUT2D eigenvalue weighted by molar-refractivity contribution is 6.06. The Hall–Kier alpha value is -2.03. The molecule has 1 saturated heterocycles. The lowest BCUT2D eigenvalue weighted by Crippen LogP contribution is -2.30. The van der Waals surface area contributed by atoms with Crippen LogP contribution >= 0.6 is 12.4 Å². The van der Waals surface area contributed by atoms with E-state index in [-0.39, 0.29) is 18.3 Å². The number of fused-ring (bicyclic) bond motifs is 1. The summed E-state index contributed by atoms with van der Waals surface area (Å²) in [5.74, 6) is 0.677. The molecule has 6 heteroatoms. The average Bonchev–Trinajstić information content (AvgIpc) is 2.47. The number of halogens is 1. The van der Waals surface area contributed by atoms with Crippen molar-refractivity contribution in [2.45, 2.75) is 12.8 Å². The van der Waals surface area contributed by atoms with Crippen LogP contribution in [0, 0.1) is 11.3 Å². The highest BCUT2D eigenvalue weighted by atomic mass is 35.5. The molecular formula is C14H14ClN3O2. The molecule has 0 bridgehead atoms. The predicted molar refractivity (Wildman–Crippen MR) is 76.8 cm³/mol. The van der Waals surface area contributed by atoms with Crippen LogP contribution in [0.15, 0.2) is 29.5 Å². The standard InChI is InChI=1S/C14H13N3O2.ClH/c15-8-10-2-1-3-11-12(10)17-14(18)13(19-11)9-4-6-16-7-5-9;/h1-3,16H,4-7H2,(H,17,18);1H. The molecule has 0 aliphatic carbocycles. The predicted octanol–water partition coefficient (Wildman–Crippen LogP) is 1.95. The van der Waals surface area contributed by atoms with E-state index in [0.717, 1.165) is 31.5 Å². The van der Waals surface area contributed by atoms with Gasteiger partial charge in [-0.1, -0.05) is 6.07 Å². The van der Waals surface area contributed by atoms with Crippen LogP contribution in [0.2, 0.25) is 0 Å². The van der Waals surface area contributed by atoms with E-state index in [4.69, 9.17) is 10.00 Å². The second-order valence-electron chi connectivity index (χ2n) is 4.53. The quantitative estimate of drug-likeness (QED) is 0.717. The third-order valence-electron chi connectivity index (χ3n) is 3.33. The van der Waals surface area contributed by atoms with Gasteiger partial charge >= 0.3 is 0 Å². The Morgan fingerprint density at radius 2 is 2.00 bits per heavy atom. The largest absolute Gasteiger partial charge is 0.449 e. The summed E-state index contributed by atoms with van der Waals surface area (Å²) in [6, 6.07) is 7.22. The lowest BCUT2D eigenvalue weighted by Gasteiger charge is -2.25. The van der Waals surface area contributed by atoms with Crippen molar-refractivity contribution in [3.8, 4) is 11.8 Å². The topological polar surface area (TPSA) is 74.2 Å². The molecule has 0 unspecified atom stereocenters. The number of nitrogens with one attached hydrogen (secondary N) is 2. The van der Waals surface area contributed by atoms with Gasteiger partial charge in [-0.05, 0) is 43.6 Å². The van der Waals surface area contributed by atoms with E-state index >= 15 is 0 Å². The maximum absolute atomic E-state index is 12.1. The van der Waals surface area contributed by atoms with E-state index in [1.54, 1.807) is 18.2 Å². The minimum Gasteiger partial charge on any atom is -0.449 e. The highest BCUT2D eigenvalue weighted by Crippen LogP contribution is 2.35. The monoisotopic (exact) mass is 291 g/mol. The lowest BCUT2D eigenvalue weighted by atomic mass is 10.0. The molecule has 0 aromatic heterocycles. The SMILES string of the molecule is Cl.N#Cc1cccc2c1NC(=O)C(=C1CCNCC1)O2. The second-order valence-corrected chi connectivity index (χ2v) is 4.53. The van der Waals surface area contributed by atoms with Crippen molar-refractivity contribution in [2.75, 3.05) is 18.4 Å². The molecule has 0 spiro atoms. The smallest absolute Gasteiger partial charge is 0.291 e. The number of nitrogens with zero attached hydrogens (tertiary/aromatic N) is 1. The summed E-state index contributed by atoms with van der Waals surface area (Å²) >= 11 is 0. The molecule has 1 fully saturated rings. The molecule has 1 aromatic rings. The molecule has 2 aliphatic heterocycles. The Morgan fingerprint density at radius 3 is 2.70 bits per heavy atom. The van der Waals surface area contributed by atoms with Gasteiger partial charge in [-0.25, -0.2) is 0 Å². The normalized spacial score (nSPS) is 17.2. The fraction of sp³-hybridized carbons (Fsp3) is 0.286. The van der Waals surface area contributed by atoms with Crippen molar-refractivity contribution < 1.29 is 9.53 Å². The zero-order valence-electron chi connectivity index (χ0n) is 10.7. The van der Waals surface area contributed by atoms with Gasteiger partial charge in [0.1, 0.15) is 11.8 Å². The van der Waals surface area contributed by atoms with Crippen LogP contribution < -0.4 is 15.4 Å². The average molecular weight is 292 g/mol. The second kappa shape index (κ2) is 5.95. The van der Waals surface area contributed by atoms with Crippen molar-refractivity contribution in [3.05, 3.63) is 35.1 Å². The number of hydrogen-bond acceptors (Lipinski definition) is 4. The molecule has 2 N–H and O–H groups in total. The van der Waals surface area contributed by atoms with Crippen molar-refractivity contribution in [1.82, 2.24) is 5.32 Å². The zero-order chi connectivity index (χ0) is 13.2. The van der Waals surface area contributed by atoms with Crippen molar-refractivity contribution in [2.24, 2.45) is 0 Å². The van der Waals surface area contributed by atoms with Crippen LogP contribution in [0.3, 0.4) is 0 Å². The molecule has 5 nitrogen and oxygen atoms in total. The molecular weight excluding hydrogens is 278 g/mol. The number of amides is 1. The lowest BCUT2D eigenvalue weighted by molar-refractivity contribution is -0.115. The molecule has 1 amide bonds. The number of benzene rings is 1. The van der Waals surface area contributed by atoms with Crippen LogP contribution in [0.5, 0.6) is 5.75 Å². The summed E-state index contributed by atoms with van der Waals surface area (Å²) in [6.07, 6.45) is 1.63. The number of nitriles is 1. The number of rotatable bonds is 0. The Balaban J connectivity index is 0.00000147. The van der Waals surface area contributed by atoms with E-state index in [2.05, 4.69) is 10.6 Å². The van der Waals surface area contributed by atoms with Gasteiger partial charge in [0.05, 0.1) is 5.56 Å². The van der Waals surface area contributed by atoms with Crippen LogP contribution in [-0.4, -0.2) is 19.0 Å². The Labute approximate surface area is 123 Å². The van der Waals surface area contributed by atoms with Crippen molar-refractivity contribution in [1.29, 1.82) is 5.26 Å². The van der Waals surface area contributed by atoms with Gasteiger partial charge in [0.15, 0.2) is 11.5 Å². The van der Waals surface area contributed by atoms with Gasteiger partial charge < -0.3 is 15.4 Å². The Morgan fingerprint density at radius 1 is 1.25 bits per heavy atom. The van der Waals surface area contributed by atoms with Gasteiger partial charge in [0.25, 0.3) is 5.91 Å². The van der Waals surface area contributed by atoms with Gasteiger partial charge in [0, 0.05) is 0 Å². The van der Waals surface area contributed by atoms with E-state index in [1.165, 1.54) is 0 Å². The van der Waals surface area contributed by atoms with E-state index in [9.17, 15) is 4.79 Å². The first-order valence-electron chi connectivity index (χ1n) is 6.24. The number of para-hydroxylation sites is 1. The van der Waals surface area contributed by atoms with Gasteiger partial charge in [-0.15, -0.1) is 12.4 Å². The van der Waals surface area contributed by atoms with Crippen LogP contribution in [0.25, 0.3) is 0 Å². The number of piperidine rings is 1. The van der Waals surface area contributed by atoms with Crippen LogP contribution in [-0.2, 0) is 4.79 Å². The molecule has 0 atom stereocenters. The van der Waals surface area contributed by atoms with E-state index in [0.29, 0.717) is 22.8 Å². The first kappa shape index (κ1) is 14.4. The molecule has 20 heavy (non-hydrogen) atoms. The number of carbonyl (C=O) groups is 1. The summed E-state index contributed by atoms with van der Waals surface area (Å²) in [5.41, 5.74) is 1.91. The van der Waals surface area contributed by atoms with Gasteiger partial charge in [0.2, 0.25) is 0 Å². The van der Waals surface area contributed by atoms with Gasteiger partial charge in [-0.3, -0.25) is 4.79 Å². The van der Waals surface area contributed by atoms with E-state index < -0.39 is 0 Å². The number of hydrogen-bond donors (Lipinski definition) is 2. The fourth-order valence-corrected chi connectivity index (χ4v) is 2.35. The highest BCUT2D eigenvalue weighted by Gasteiger charge is 2.27. The zero-order valence-corrected chi connectivity index (χ0v) is 11.5. The summed E-state index contributed by atoms with van der Waals surface area (Å²) in [4.78, 5) is 12.1. The Kier molecular flexibility index (Phi) is 4.28. The summed E-state index contributed by atoms with van der Waals surface area (Å²) < 4.78 is 5.71. The molecule has 1 aromatic carbocycles. The Bertz CT molecular complexity index is 611. The summed E-state index contributed by atoms with van der Waals surface area (Å²) in [5, 5.41) is 15.0. The van der Waals surface area contributed by atoms with Crippen molar-refractivity contribution in [3.63, 3.8) is 0 Å². The minimum atomic E-state index is -0.257. The first-order chi connectivity index (χ1) is 9.29. The van der Waals surface area contributed by atoms with E-state index in [1.807, 2.05) is 6.07 Å². The number of carbonyl (C=O) groups excluding carboxylic acids is 1. The summed E-state index contributed by atoms with van der Waals surface area (Å²) in [6.45, 7) is 1.72. The molecule has 2 heterocycles. The third kappa shape index (κ3) is 2.48. The van der Waals surface area contributed by atoms with Gasteiger partial charge in [-0.2, -0.15) is 5.26 Å². The maximum Gasteiger partial charge on any atom is 0.291 e. The fourth-order valence-electron chi connectivity index (χ4n) is 2.35. The first-order valence-corrected chi connectivity index (χ1v) is 6.24. The minimum absolute atomic E-state index is 0. The number of ether oxygens (including phenoxy) is 1. The third-order valence-corrected chi connectivity index (χ3v) is 3.33. The van der Waals surface area contributed by atoms with Crippen LogP contribution in [0.1, 0.15) is 18.4 Å². The molecule has 0 saturated carbocycles. The molecule has 0 radical (unpaired) electrons. The van der Waals surface area contributed by atoms with Crippen LogP contribution in [0.4, 0.5) is 5.69 Å².